The number of rotatable bonds is 51. The molecule has 17 unspecified atom stereocenters. The molecular weight excluding hydrogens is 1150 g/mol. The zero-order valence-electron chi connectivity index (χ0n) is 54.6. The molecule has 19 heteroatoms. The van der Waals surface area contributed by atoms with Crippen LogP contribution in [0.3, 0.4) is 0 Å². The molecule has 3 rings (SSSR count). The standard InChI is InChI=1S/C71H121NO18/c1-3-5-7-9-11-13-15-17-19-21-23-25-26-27-29-30-32-34-36-38-40-42-44-46-48-55(76)54(72-59(77)49-47-45-43-41-39-37-35-33-31-28-24-22-20-18-16-14-12-10-8-6-4-2)53-85-69-65(83)62(80)67(57(51-74)87-69)90-71-66(84)63(81)68(58(52-75)88-71)89-70-64(82)61(79)60(78)56(50-73)86-70/h6,8,12,14,18,20,24,28,30,32-33,35,38,40,46,48,54-58,60-71,73-76,78-84H,3-5,7,9-11,13,15-17,19,21-23,25-27,29,31,34,36-37,39,41-45,47,49-53H2,1-2H3,(H,72,77)/b8-6-,14-12-,20-18-,28-24-,32-30+,35-33-,40-38+,48-46+. The van der Waals surface area contributed by atoms with E-state index in [-0.39, 0.29) is 18.9 Å². The zero-order chi connectivity index (χ0) is 65.4. The van der Waals surface area contributed by atoms with Gasteiger partial charge in [0.15, 0.2) is 18.9 Å². The quantitative estimate of drug-likeness (QED) is 0.0200. The van der Waals surface area contributed by atoms with Gasteiger partial charge in [-0.2, -0.15) is 0 Å². The largest absolute Gasteiger partial charge is 0.394 e. The maximum atomic E-state index is 13.4. The van der Waals surface area contributed by atoms with Crippen molar-refractivity contribution >= 4 is 5.91 Å². The van der Waals surface area contributed by atoms with Gasteiger partial charge >= 0.3 is 0 Å². The van der Waals surface area contributed by atoms with Crippen molar-refractivity contribution in [1.29, 1.82) is 0 Å². The molecule has 19 nitrogen and oxygen atoms in total. The van der Waals surface area contributed by atoms with Crippen molar-refractivity contribution in [2.45, 2.75) is 317 Å². The van der Waals surface area contributed by atoms with Crippen LogP contribution in [0.4, 0.5) is 0 Å². The number of carbonyl (C=O) groups excluding carboxylic acids is 1. The minimum atomic E-state index is -1.99. The molecule has 3 fully saturated rings. The molecule has 3 aliphatic rings. The van der Waals surface area contributed by atoms with E-state index in [1.54, 1.807) is 6.08 Å². The van der Waals surface area contributed by atoms with Crippen LogP contribution in [-0.4, -0.2) is 193 Å². The predicted molar refractivity (Wildman–Crippen MR) is 351 cm³/mol. The fraction of sp³-hybridized carbons (Fsp3) is 0.761. The van der Waals surface area contributed by atoms with E-state index in [1.807, 2.05) is 6.08 Å². The molecule has 3 saturated heterocycles. The zero-order valence-corrected chi connectivity index (χ0v) is 54.6. The van der Waals surface area contributed by atoms with E-state index < -0.39 is 124 Å². The SMILES string of the molecule is CC/C=C\C/C=C\C/C=C\C/C=C\C/C=C\CCCCCCCC(=O)NC(COC1OC(CO)C(OC2OC(CO)C(OC3OC(CO)C(O)C(O)C3O)C(O)C2O)C(O)C1O)C(O)/C=C/CC/C=C/CC/C=C/CCCCCCCCCCCCCCCC. The molecule has 0 bridgehead atoms. The summed E-state index contributed by atoms with van der Waals surface area (Å²) < 4.78 is 34.3. The van der Waals surface area contributed by atoms with Gasteiger partial charge in [0, 0.05) is 6.42 Å². The molecule has 1 amide bonds. The highest BCUT2D eigenvalue weighted by Gasteiger charge is 2.53. The summed E-state index contributed by atoms with van der Waals surface area (Å²) in [6.07, 6.45) is 40.9. The number of amides is 1. The van der Waals surface area contributed by atoms with Crippen molar-refractivity contribution in [1.82, 2.24) is 5.32 Å². The Labute approximate surface area is 539 Å². The third-order valence-corrected chi connectivity index (χ3v) is 16.6. The van der Waals surface area contributed by atoms with Crippen LogP contribution in [-0.2, 0) is 33.2 Å². The van der Waals surface area contributed by atoms with Crippen LogP contribution in [0.25, 0.3) is 0 Å². The lowest BCUT2D eigenvalue weighted by atomic mass is 9.96. The number of nitrogens with one attached hydrogen (secondary N) is 1. The van der Waals surface area contributed by atoms with Crippen LogP contribution < -0.4 is 5.32 Å². The number of unbranched alkanes of at least 4 members (excludes halogenated alkanes) is 21. The van der Waals surface area contributed by atoms with Crippen molar-refractivity contribution in [2.75, 3.05) is 26.4 Å². The van der Waals surface area contributed by atoms with Crippen LogP contribution >= 0.6 is 0 Å². The second kappa shape index (κ2) is 52.0. The maximum Gasteiger partial charge on any atom is 0.220 e. The van der Waals surface area contributed by atoms with Gasteiger partial charge in [-0.1, -0.05) is 214 Å². The Morgan fingerprint density at radius 3 is 1.24 bits per heavy atom. The van der Waals surface area contributed by atoms with E-state index in [2.05, 4.69) is 104 Å². The Balaban J connectivity index is 1.48. The molecule has 0 aromatic heterocycles. The van der Waals surface area contributed by atoms with Crippen molar-refractivity contribution in [3.05, 3.63) is 97.2 Å². The van der Waals surface area contributed by atoms with Gasteiger partial charge in [-0.15, -0.1) is 0 Å². The smallest absolute Gasteiger partial charge is 0.220 e. The topological polar surface area (TPSA) is 307 Å². The molecule has 518 valence electrons. The van der Waals surface area contributed by atoms with Gasteiger partial charge in [0.1, 0.15) is 73.2 Å². The lowest BCUT2D eigenvalue weighted by molar-refractivity contribution is -0.379. The summed E-state index contributed by atoms with van der Waals surface area (Å²) >= 11 is 0. The molecule has 90 heavy (non-hydrogen) atoms. The minimum absolute atomic E-state index is 0.204. The predicted octanol–water partition coefficient (Wildman–Crippen LogP) is 8.88. The molecule has 0 aliphatic carbocycles. The van der Waals surface area contributed by atoms with Crippen LogP contribution in [0.1, 0.15) is 213 Å². The lowest BCUT2D eigenvalue weighted by Gasteiger charge is -2.48. The number of aliphatic hydroxyl groups excluding tert-OH is 11. The van der Waals surface area contributed by atoms with Gasteiger partial charge in [0.05, 0.1) is 38.6 Å². The summed E-state index contributed by atoms with van der Waals surface area (Å²) in [4.78, 5) is 13.4. The van der Waals surface area contributed by atoms with Gasteiger partial charge < -0.3 is 89.9 Å². The van der Waals surface area contributed by atoms with E-state index in [0.717, 1.165) is 89.9 Å². The first kappa shape index (κ1) is 80.9. The molecule has 0 spiro atoms. The number of aliphatic hydroxyl groups is 11. The summed E-state index contributed by atoms with van der Waals surface area (Å²) in [6, 6.07) is -1.01. The summed E-state index contributed by atoms with van der Waals surface area (Å²) in [5.41, 5.74) is 0. The van der Waals surface area contributed by atoms with Crippen molar-refractivity contribution in [3.63, 3.8) is 0 Å². The Hall–Kier alpha value is -3.29. The van der Waals surface area contributed by atoms with Gasteiger partial charge in [0.25, 0.3) is 0 Å². The molecule has 3 heterocycles. The number of allylic oxidation sites excluding steroid dienone is 15. The Bertz CT molecular complexity index is 2010. The number of hydrogen-bond acceptors (Lipinski definition) is 18. The summed E-state index contributed by atoms with van der Waals surface area (Å²) in [5, 5.41) is 120. The highest BCUT2D eigenvalue weighted by molar-refractivity contribution is 5.76. The second-order valence-corrected chi connectivity index (χ2v) is 24.2. The Kier molecular flexibility index (Phi) is 46.8. The molecule has 0 radical (unpaired) electrons. The van der Waals surface area contributed by atoms with Gasteiger partial charge in [-0.25, -0.2) is 0 Å². The molecule has 17 atom stereocenters. The maximum absolute atomic E-state index is 13.4. The Morgan fingerprint density at radius 2 is 0.778 bits per heavy atom. The van der Waals surface area contributed by atoms with E-state index in [1.165, 1.54) is 89.9 Å². The van der Waals surface area contributed by atoms with Crippen molar-refractivity contribution in [3.8, 4) is 0 Å². The van der Waals surface area contributed by atoms with Crippen molar-refractivity contribution in [2.24, 2.45) is 0 Å². The van der Waals surface area contributed by atoms with Crippen LogP contribution in [0, 0.1) is 0 Å². The van der Waals surface area contributed by atoms with E-state index >= 15 is 0 Å². The first-order chi connectivity index (χ1) is 43.8. The molecule has 0 aromatic carbocycles. The Morgan fingerprint density at radius 1 is 0.411 bits per heavy atom. The van der Waals surface area contributed by atoms with Gasteiger partial charge in [-0.3, -0.25) is 4.79 Å². The van der Waals surface area contributed by atoms with E-state index in [9.17, 15) is 61.0 Å². The van der Waals surface area contributed by atoms with Crippen LogP contribution in [0.5, 0.6) is 0 Å². The fourth-order valence-corrected chi connectivity index (χ4v) is 11.0. The monoisotopic (exact) mass is 1280 g/mol. The lowest BCUT2D eigenvalue weighted by Crippen LogP contribution is -2.66. The third kappa shape index (κ3) is 33.7. The molecule has 0 aromatic rings. The minimum Gasteiger partial charge on any atom is -0.394 e. The molecular formula is C71H121NO18. The number of ether oxygens (including phenoxy) is 6. The van der Waals surface area contributed by atoms with Crippen molar-refractivity contribution < 1.29 is 89.4 Å². The fourth-order valence-electron chi connectivity index (χ4n) is 11.0. The average molecular weight is 1280 g/mol. The summed E-state index contributed by atoms with van der Waals surface area (Å²) in [7, 11) is 0. The highest BCUT2D eigenvalue weighted by Crippen LogP contribution is 2.33. The van der Waals surface area contributed by atoms with Crippen LogP contribution in [0.2, 0.25) is 0 Å². The summed E-state index contributed by atoms with van der Waals surface area (Å²) in [6.45, 7) is 1.57. The number of hydrogen-bond donors (Lipinski definition) is 12. The van der Waals surface area contributed by atoms with Gasteiger partial charge in [-0.05, 0) is 89.9 Å². The molecule has 12 N–H and O–H groups in total. The highest BCUT2D eigenvalue weighted by atomic mass is 16.8. The number of carbonyl (C=O) groups is 1. The second-order valence-electron chi connectivity index (χ2n) is 24.2. The molecule has 0 saturated carbocycles. The first-order valence-corrected chi connectivity index (χ1v) is 34.5. The average Bonchev–Trinajstić information content (AvgIpc) is 0.853. The summed E-state index contributed by atoms with van der Waals surface area (Å²) in [5.74, 6) is -0.312. The normalized spacial score (nSPS) is 28.7. The first-order valence-electron chi connectivity index (χ1n) is 34.5. The van der Waals surface area contributed by atoms with Gasteiger partial charge in [0.2, 0.25) is 5.91 Å². The third-order valence-electron chi connectivity index (χ3n) is 16.6. The van der Waals surface area contributed by atoms with E-state index in [0.29, 0.717) is 12.8 Å². The van der Waals surface area contributed by atoms with Crippen LogP contribution in [0.15, 0.2) is 97.2 Å². The molecule has 3 aliphatic heterocycles. The van der Waals surface area contributed by atoms with E-state index in [4.69, 9.17) is 28.4 Å².